The SMILES string of the molecule is Cc1ccccc1[C@@H]1C[C@H]1C(=O)NCC1(O)CCSCC1. The Labute approximate surface area is 130 Å². The van der Waals surface area contributed by atoms with Crippen molar-refractivity contribution in [2.24, 2.45) is 5.92 Å². The Morgan fingerprint density at radius 2 is 2.10 bits per heavy atom. The predicted molar refractivity (Wildman–Crippen MR) is 86.5 cm³/mol. The van der Waals surface area contributed by atoms with E-state index in [2.05, 4.69) is 24.4 Å². The fourth-order valence-corrected chi connectivity index (χ4v) is 4.39. The van der Waals surface area contributed by atoms with E-state index < -0.39 is 5.60 Å². The Balaban J connectivity index is 1.53. The third-order valence-corrected chi connectivity index (χ3v) is 5.72. The highest BCUT2D eigenvalue weighted by molar-refractivity contribution is 7.99. The van der Waals surface area contributed by atoms with Gasteiger partial charge in [0.2, 0.25) is 5.91 Å². The topological polar surface area (TPSA) is 49.3 Å². The lowest BCUT2D eigenvalue weighted by Crippen LogP contribution is -2.45. The van der Waals surface area contributed by atoms with Gasteiger partial charge in [-0.1, -0.05) is 24.3 Å². The minimum atomic E-state index is -0.687. The van der Waals surface area contributed by atoms with E-state index in [4.69, 9.17) is 0 Å². The zero-order chi connectivity index (χ0) is 14.9. The Kier molecular flexibility index (Phi) is 4.27. The van der Waals surface area contributed by atoms with E-state index in [0.29, 0.717) is 12.5 Å². The zero-order valence-electron chi connectivity index (χ0n) is 12.5. The molecule has 4 heteroatoms. The number of carbonyl (C=O) groups is 1. The van der Waals surface area contributed by atoms with Crippen molar-refractivity contribution in [1.82, 2.24) is 5.32 Å². The van der Waals surface area contributed by atoms with Gasteiger partial charge in [0.1, 0.15) is 0 Å². The molecular weight excluding hydrogens is 282 g/mol. The van der Waals surface area contributed by atoms with Crippen LogP contribution in [0.2, 0.25) is 0 Å². The molecule has 0 radical (unpaired) electrons. The van der Waals surface area contributed by atoms with Gasteiger partial charge in [0.05, 0.1) is 5.60 Å². The fourth-order valence-electron chi connectivity index (χ4n) is 3.14. The van der Waals surface area contributed by atoms with Gasteiger partial charge in [0, 0.05) is 12.5 Å². The molecule has 1 saturated heterocycles. The number of thioether (sulfide) groups is 1. The Bertz CT molecular complexity index is 525. The van der Waals surface area contributed by atoms with E-state index in [1.54, 1.807) is 0 Å². The lowest BCUT2D eigenvalue weighted by molar-refractivity contribution is -0.123. The summed E-state index contributed by atoms with van der Waals surface area (Å²) in [6.07, 6.45) is 2.50. The first-order valence-corrected chi connectivity index (χ1v) is 8.88. The summed E-state index contributed by atoms with van der Waals surface area (Å²) in [5, 5.41) is 13.4. The third kappa shape index (κ3) is 3.43. The maximum atomic E-state index is 12.3. The van der Waals surface area contributed by atoms with E-state index in [9.17, 15) is 9.90 Å². The third-order valence-electron chi connectivity index (χ3n) is 4.73. The van der Waals surface area contributed by atoms with E-state index >= 15 is 0 Å². The van der Waals surface area contributed by atoms with Crippen molar-refractivity contribution in [2.45, 2.75) is 37.7 Å². The smallest absolute Gasteiger partial charge is 0.223 e. The van der Waals surface area contributed by atoms with Crippen molar-refractivity contribution in [1.29, 1.82) is 0 Å². The molecule has 2 fully saturated rings. The second-order valence-corrected chi connectivity index (χ2v) is 7.58. The fraction of sp³-hybridized carbons (Fsp3) is 0.588. The highest BCUT2D eigenvalue weighted by Crippen LogP contribution is 2.48. The molecule has 3 rings (SSSR count). The lowest BCUT2D eigenvalue weighted by atomic mass is 9.96. The van der Waals surface area contributed by atoms with Crippen LogP contribution in [0.1, 0.15) is 36.3 Å². The number of nitrogens with one attached hydrogen (secondary N) is 1. The molecule has 2 atom stereocenters. The molecule has 0 bridgehead atoms. The highest BCUT2D eigenvalue weighted by Gasteiger charge is 2.45. The second kappa shape index (κ2) is 6.01. The van der Waals surface area contributed by atoms with E-state index in [1.165, 1.54) is 11.1 Å². The van der Waals surface area contributed by atoms with Crippen molar-refractivity contribution in [3.05, 3.63) is 35.4 Å². The van der Waals surface area contributed by atoms with Crippen LogP contribution >= 0.6 is 11.8 Å². The lowest BCUT2D eigenvalue weighted by Gasteiger charge is -2.31. The summed E-state index contributed by atoms with van der Waals surface area (Å²) in [7, 11) is 0. The number of hydrogen-bond donors (Lipinski definition) is 2. The molecule has 1 aromatic rings. The number of benzene rings is 1. The molecule has 1 aromatic carbocycles. The molecule has 0 spiro atoms. The summed E-state index contributed by atoms with van der Waals surface area (Å²) in [5.41, 5.74) is 1.87. The first kappa shape index (κ1) is 14.9. The first-order valence-electron chi connectivity index (χ1n) is 7.72. The molecule has 0 aromatic heterocycles. The van der Waals surface area contributed by atoms with E-state index in [-0.39, 0.29) is 11.8 Å². The average Bonchev–Trinajstić information content (AvgIpc) is 3.27. The van der Waals surface area contributed by atoms with E-state index in [1.807, 2.05) is 23.9 Å². The van der Waals surface area contributed by atoms with Crippen LogP contribution in [-0.4, -0.2) is 34.7 Å². The number of rotatable bonds is 4. The van der Waals surface area contributed by atoms with Crippen LogP contribution in [0.5, 0.6) is 0 Å². The van der Waals surface area contributed by atoms with Crippen LogP contribution in [-0.2, 0) is 4.79 Å². The van der Waals surface area contributed by atoms with Crippen LogP contribution < -0.4 is 5.32 Å². The summed E-state index contributed by atoms with van der Waals surface area (Å²) in [6.45, 7) is 2.51. The van der Waals surface area contributed by atoms with Crippen molar-refractivity contribution in [2.75, 3.05) is 18.1 Å². The molecule has 1 amide bonds. The summed E-state index contributed by atoms with van der Waals surface area (Å²) in [5.74, 6) is 2.54. The van der Waals surface area contributed by atoms with Crippen molar-refractivity contribution >= 4 is 17.7 Å². The van der Waals surface area contributed by atoms with Crippen LogP contribution in [0.25, 0.3) is 0 Å². The average molecular weight is 305 g/mol. The molecule has 1 saturated carbocycles. The standard InChI is InChI=1S/C17H23NO2S/c1-12-4-2-3-5-13(12)14-10-15(14)16(19)18-11-17(20)6-8-21-9-7-17/h2-5,14-15,20H,6-11H2,1H3,(H,18,19)/t14-,15+/m0/s1. The molecule has 0 unspecified atom stereocenters. The molecule has 2 N–H and O–H groups in total. The number of amides is 1. The molecule has 1 aliphatic carbocycles. The van der Waals surface area contributed by atoms with E-state index in [0.717, 1.165) is 30.8 Å². The van der Waals surface area contributed by atoms with Gasteiger partial charge < -0.3 is 10.4 Å². The van der Waals surface area contributed by atoms with Crippen molar-refractivity contribution in [3.8, 4) is 0 Å². The molecule has 2 aliphatic rings. The molecule has 1 aliphatic heterocycles. The van der Waals surface area contributed by atoms with Crippen LogP contribution in [0, 0.1) is 12.8 Å². The van der Waals surface area contributed by atoms with Gasteiger partial charge in [-0.15, -0.1) is 0 Å². The molecule has 3 nitrogen and oxygen atoms in total. The molecular formula is C17H23NO2S. The Morgan fingerprint density at radius 1 is 1.38 bits per heavy atom. The summed E-state index contributed by atoms with van der Waals surface area (Å²) >= 11 is 1.88. The van der Waals surface area contributed by atoms with Crippen molar-refractivity contribution in [3.63, 3.8) is 0 Å². The number of carbonyl (C=O) groups excluding carboxylic acids is 1. The van der Waals surface area contributed by atoms with Gasteiger partial charge in [-0.2, -0.15) is 11.8 Å². The largest absolute Gasteiger partial charge is 0.388 e. The van der Waals surface area contributed by atoms with Crippen LogP contribution in [0.3, 0.4) is 0 Å². The summed E-state index contributed by atoms with van der Waals surface area (Å²) in [4.78, 5) is 12.3. The number of aryl methyl sites for hydroxylation is 1. The van der Waals surface area contributed by atoms with Gasteiger partial charge in [-0.05, 0) is 54.7 Å². The highest BCUT2D eigenvalue weighted by atomic mass is 32.2. The first-order chi connectivity index (χ1) is 10.1. The van der Waals surface area contributed by atoms with Gasteiger partial charge in [-0.3, -0.25) is 4.79 Å². The molecule has 1 heterocycles. The van der Waals surface area contributed by atoms with Crippen LogP contribution in [0.15, 0.2) is 24.3 Å². The normalized spacial score (nSPS) is 27.1. The van der Waals surface area contributed by atoms with Gasteiger partial charge >= 0.3 is 0 Å². The number of aliphatic hydroxyl groups is 1. The number of hydrogen-bond acceptors (Lipinski definition) is 3. The Morgan fingerprint density at radius 3 is 2.81 bits per heavy atom. The Hall–Kier alpha value is -1.00. The second-order valence-electron chi connectivity index (χ2n) is 6.36. The minimum Gasteiger partial charge on any atom is -0.388 e. The monoisotopic (exact) mass is 305 g/mol. The summed E-state index contributed by atoms with van der Waals surface area (Å²) < 4.78 is 0. The van der Waals surface area contributed by atoms with Crippen molar-refractivity contribution < 1.29 is 9.90 Å². The molecule has 21 heavy (non-hydrogen) atoms. The van der Waals surface area contributed by atoms with Gasteiger partial charge in [-0.25, -0.2) is 0 Å². The van der Waals surface area contributed by atoms with Gasteiger partial charge in [0.15, 0.2) is 0 Å². The maximum absolute atomic E-state index is 12.3. The summed E-state index contributed by atoms with van der Waals surface area (Å²) in [6, 6.07) is 8.30. The predicted octanol–water partition coefficient (Wildman–Crippen LogP) is 2.47. The van der Waals surface area contributed by atoms with Gasteiger partial charge in [0.25, 0.3) is 0 Å². The molecule has 114 valence electrons. The maximum Gasteiger partial charge on any atom is 0.223 e. The van der Waals surface area contributed by atoms with Crippen LogP contribution in [0.4, 0.5) is 0 Å². The quantitative estimate of drug-likeness (QED) is 0.898. The minimum absolute atomic E-state index is 0.0904. The zero-order valence-corrected chi connectivity index (χ0v) is 13.3.